The molecule has 0 aliphatic carbocycles. The summed E-state index contributed by atoms with van der Waals surface area (Å²) in [6, 6.07) is 6.90. The minimum atomic E-state index is -0.372. The van der Waals surface area contributed by atoms with Crippen LogP contribution >= 0.6 is 24.0 Å². The molecule has 0 spiro atoms. The summed E-state index contributed by atoms with van der Waals surface area (Å²) in [5, 5.41) is 0.423. The second kappa shape index (κ2) is 7.73. The van der Waals surface area contributed by atoms with E-state index in [1.807, 2.05) is 7.05 Å². The number of hydrogen-bond donors (Lipinski definition) is 0. The first-order valence-corrected chi connectivity index (χ1v) is 6.33. The Hall–Kier alpha value is -0.770. The van der Waals surface area contributed by atoms with Crippen molar-refractivity contribution < 1.29 is 9.53 Å². The molecule has 0 bridgehead atoms. The van der Waals surface area contributed by atoms with Crippen molar-refractivity contribution in [2.45, 2.75) is 26.3 Å². The fourth-order valence-electron chi connectivity index (χ4n) is 1.32. The Kier molecular flexibility index (Phi) is 7.42. The second-order valence-electron chi connectivity index (χ2n) is 5.21. The first kappa shape index (κ1) is 18.2. The number of halogens is 2. The van der Waals surface area contributed by atoms with Gasteiger partial charge in [-0.15, -0.1) is 12.4 Å². The zero-order valence-corrected chi connectivity index (χ0v) is 13.3. The van der Waals surface area contributed by atoms with Crippen LogP contribution < -0.4 is 0 Å². The Morgan fingerprint density at radius 1 is 1.32 bits per heavy atom. The maximum absolute atomic E-state index is 11.8. The molecule has 1 aromatic carbocycles. The van der Waals surface area contributed by atoms with Crippen LogP contribution in [-0.2, 0) is 4.74 Å². The average Bonchev–Trinajstić information content (AvgIpc) is 2.28. The topological polar surface area (TPSA) is 29.5 Å². The van der Waals surface area contributed by atoms with Gasteiger partial charge in [0.2, 0.25) is 0 Å². The fraction of sp³-hybridized carbons (Fsp3) is 0.500. The zero-order chi connectivity index (χ0) is 13.8. The lowest BCUT2D eigenvalue weighted by atomic mass is 10.1. The molecule has 5 heteroatoms. The quantitative estimate of drug-likeness (QED) is 0.795. The van der Waals surface area contributed by atoms with Crippen molar-refractivity contribution in [1.82, 2.24) is 4.90 Å². The van der Waals surface area contributed by atoms with Crippen LogP contribution in [0.1, 0.15) is 31.1 Å². The number of rotatable bonds is 4. The van der Waals surface area contributed by atoms with E-state index in [1.165, 1.54) is 0 Å². The Bertz CT molecular complexity index is 416. The van der Waals surface area contributed by atoms with Gasteiger partial charge in [-0.2, -0.15) is 0 Å². The summed E-state index contributed by atoms with van der Waals surface area (Å²) in [7, 11) is 2.00. The molecule has 0 fully saturated rings. The van der Waals surface area contributed by atoms with E-state index in [2.05, 4.69) is 25.7 Å². The molecule has 0 N–H and O–H groups in total. The third-order valence-electron chi connectivity index (χ3n) is 2.90. The van der Waals surface area contributed by atoms with E-state index in [4.69, 9.17) is 16.3 Å². The Balaban J connectivity index is 0.00000324. The van der Waals surface area contributed by atoms with E-state index < -0.39 is 0 Å². The van der Waals surface area contributed by atoms with Gasteiger partial charge >= 0.3 is 5.97 Å². The summed E-state index contributed by atoms with van der Waals surface area (Å²) in [4.78, 5) is 13.9. The van der Waals surface area contributed by atoms with Crippen molar-refractivity contribution in [2.75, 3.05) is 20.2 Å². The molecule has 0 amide bonds. The summed E-state index contributed by atoms with van der Waals surface area (Å²) in [6.07, 6.45) is 0. The molecule has 108 valence electrons. The highest BCUT2D eigenvalue weighted by atomic mass is 35.5. The molecule has 0 radical (unpaired) electrons. The first-order valence-electron chi connectivity index (χ1n) is 5.95. The predicted octanol–water partition coefficient (Wildman–Crippen LogP) is 3.65. The van der Waals surface area contributed by atoms with Crippen LogP contribution in [0.4, 0.5) is 0 Å². The lowest BCUT2D eigenvalue weighted by molar-refractivity contribution is 0.0424. The van der Waals surface area contributed by atoms with Crippen molar-refractivity contribution in [3.05, 3.63) is 34.9 Å². The fourth-order valence-corrected chi connectivity index (χ4v) is 1.53. The van der Waals surface area contributed by atoms with E-state index in [-0.39, 0.29) is 23.9 Å². The molecule has 0 aliphatic heterocycles. The van der Waals surface area contributed by atoms with Gasteiger partial charge in [-0.3, -0.25) is 4.90 Å². The maximum atomic E-state index is 11.8. The van der Waals surface area contributed by atoms with Gasteiger partial charge < -0.3 is 4.74 Å². The monoisotopic (exact) mass is 305 g/mol. The molecule has 0 unspecified atom stereocenters. The molecule has 0 atom stereocenters. The van der Waals surface area contributed by atoms with E-state index >= 15 is 0 Å². The summed E-state index contributed by atoms with van der Waals surface area (Å²) in [5.74, 6) is -0.372. The van der Waals surface area contributed by atoms with Crippen LogP contribution in [0.2, 0.25) is 5.02 Å². The third kappa shape index (κ3) is 5.81. The average molecular weight is 306 g/mol. The number of esters is 1. The van der Waals surface area contributed by atoms with Crippen molar-refractivity contribution in [3.8, 4) is 0 Å². The van der Waals surface area contributed by atoms with Gasteiger partial charge in [-0.05, 0) is 40.0 Å². The van der Waals surface area contributed by atoms with Crippen molar-refractivity contribution in [1.29, 1.82) is 0 Å². The van der Waals surface area contributed by atoms with E-state index in [0.29, 0.717) is 23.7 Å². The molecule has 1 rings (SSSR count). The Labute approximate surface area is 126 Å². The molecule has 1 aromatic rings. The van der Waals surface area contributed by atoms with Crippen LogP contribution in [0.25, 0.3) is 0 Å². The summed E-state index contributed by atoms with van der Waals surface area (Å²) in [5.41, 5.74) is 0.481. The minimum Gasteiger partial charge on any atom is -0.461 e. The predicted molar refractivity (Wildman–Crippen MR) is 81.4 cm³/mol. The second-order valence-corrected chi connectivity index (χ2v) is 5.62. The van der Waals surface area contributed by atoms with E-state index in [9.17, 15) is 4.79 Å². The third-order valence-corrected chi connectivity index (χ3v) is 3.23. The molecule has 0 saturated carbocycles. The lowest BCUT2D eigenvalue weighted by Gasteiger charge is -2.31. The first-order chi connectivity index (χ1) is 8.32. The lowest BCUT2D eigenvalue weighted by Crippen LogP contribution is -2.40. The number of nitrogens with zero attached hydrogens (tertiary/aromatic N) is 1. The number of likely N-dealkylation sites (N-methyl/N-ethyl adjacent to an activating group) is 1. The van der Waals surface area contributed by atoms with E-state index in [1.54, 1.807) is 24.3 Å². The molecular weight excluding hydrogens is 285 g/mol. The smallest absolute Gasteiger partial charge is 0.339 e. The van der Waals surface area contributed by atoms with Gasteiger partial charge in [0.05, 0.1) is 10.6 Å². The number of carbonyl (C=O) groups is 1. The highest BCUT2D eigenvalue weighted by Gasteiger charge is 2.17. The molecular formula is C14H21Cl2NO2. The van der Waals surface area contributed by atoms with E-state index in [0.717, 1.165) is 0 Å². The van der Waals surface area contributed by atoms with Gasteiger partial charge in [-0.1, -0.05) is 23.7 Å². The summed E-state index contributed by atoms with van der Waals surface area (Å²) in [6.45, 7) is 7.40. The van der Waals surface area contributed by atoms with Crippen LogP contribution in [0.3, 0.4) is 0 Å². The van der Waals surface area contributed by atoms with Crippen molar-refractivity contribution in [3.63, 3.8) is 0 Å². The van der Waals surface area contributed by atoms with Crippen molar-refractivity contribution >= 4 is 30.0 Å². The number of ether oxygens (including phenoxy) is 1. The Morgan fingerprint density at radius 2 is 1.89 bits per heavy atom. The van der Waals surface area contributed by atoms with Crippen LogP contribution in [0.5, 0.6) is 0 Å². The van der Waals surface area contributed by atoms with Gasteiger partial charge in [0.25, 0.3) is 0 Å². The number of carbonyl (C=O) groups excluding carboxylic acids is 1. The zero-order valence-electron chi connectivity index (χ0n) is 11.8. The van der Waals surface area contributed by atoms with Crippen LogP contribution in [-0.4, -0.2) is 36.6 Å². The highest BCUT2D eigenvalue weighted by Crippen LogP contribution is 2.16. The van der Waals surface area contributed by atoms with Gasteiger partial charge in [-0.25, -0.2) is 4.79 Å². The molecule has 0 saturated heterocycles. The summed E-state index contributed by atoms with van der Waals surface area (Å²) >= 11 is 5.92. The van der Waals surface area contributed by atoms with Crippen molar-refractivity contribution in [2.24, 2.45) is 0 Å². The molecule has 0 aromatic heterocycles. The molecule has 19 heavy (non-hydrogen) atoms. The number of benzene rings is 1. The molecule has 0 heterocycles. The highest BCUT2D eigenvalue weighted by molar-refractivity contribution is 6.33. The normalized spacial score (nSPS) is 11.1. The molecule has 3 nitrogen and oxygen atoms in total. The van der Waals surface area contributed by atoms with Gasteiger partial charge in [0.15, 0.2) is 0 Å². The SMILES string of the molecule is CN(CCOC(=O)c1ccccc1Cl)C(C)(C)C.Cl. The minimum absolute atomic E-state index is 0. The van der Waals surface area contributed by atoms with Crippen LogP contribution in [0.15, 0.2) is 24.3 Å². The molecule has 0 aliphatic rings. The largest absolute Gasteiger partial charge is 0.461 e. The van der Waals surface area contributed by atoms with Crippen LogP contribution in [0, 0.1) is 0 Å². The number of hydrogen-bond acceptors (Lipinski definition) is 3. The standard InChI is InChI=1S/C14H20ClNO2.ClH/c1-14(2,3)16(4)9-10-18-13(17)11-7-5-6-8-12(11)15;/h5-8H,9-10H2,1-4H3;1H. The maximum Gasteiger partial charge on any atom is 0.339 e. The summed E-state index contributed by atoms with van der Waals surface area (Å²) < 4.78 is 5.21. The van der Waals surface area contributed by atoms with Gasteiger partial charge in [0.1, 0.15) is 6.61 Å². The Morgan fingerprint density at radius 3 is 2.42 bits per heavy atom. The van der Waals surface area contributed by atoms with Gasteiger partial charge in [0, 0.05) is 12.1 Å².